The van der Waals surface area contributed by atoms with Gasteiger partial charge in [-0.15, -0.1) is 0 Å². The van der Waals surface area contributed by atoms with Crippen molar-refractivity contribution in [3.63, 3.8) is 0 Å². The molecule has 0 bridgehead atoms. The maximum absolute atomic E-state index is 11.5. The molecule has 1 aromatic carbocycles. The zero-order valence-corrected chi connectivity index (χ0v) is 9.51. The van der Waals surface area contributed by atoms with Crippen LogP contribution in [-0.4, -0.2) is 9.55 Å². The maximum atomic E-state index is 11.5. The predicted octanol–water partition coefficient (Wildman–Crippen LogP) is 2.72. The van der Waals surface area contributed by atoms with Crippen LogP contribution in [0.4, 0.5) is 0 Å². The Balaban J connectivity index is 2.92. The lowest BCUT2D eigenvalue weighted by Crippen LogP contribution is -2.19. The smallest absolute Gasteiger partial charge is 0.269 e. The first-order valence-corrected chi connectivity index (χ1v) is 5.23. The first-order valence-electron chi connectivity index (χ1n) is 4.48. The number of aryl methyl sites for hydroxylation is 1. The Kier molecular flexibility index (Phi) is 2.67. The van der Waals surface area contributed by atoms with Crippen LogP contribution in [0.1, 0.15) is 6.92 Å². The second-order valence-corrected chi connectivity index (χ2v) is 3.91. The summed E-state index contributed by atoms with van der Waals surface area (Å²) in [5.74, 6) is 0. The van der Waals surface area contributed by atoms with Crippen LogP contribution >= 0.6 is 23.2 Å². The predicted molar refractivity (Wildman–Crippen MR) is 61.7 cm³/mol. The Morgan fingerprint density at radius 1 is 1.33 bits per heavy atom. The van der Waals surface area contributed by atoms with Crippen molar-refractivity contribution in [2.24, 2.45) is 0 Å². The normalized spacial score (nSPS) is 10.9. The Labute approximate surface area is 96.3 Å². The lowest BCUT2D eigenvalue weighted by molar-refractivity contribution is 0.753. The molecule has 1 heterocycles. The molecular formula is C10H8Cl2N2O. The van der Waals surface area contributed by atoms with E-state index in [0.717, 1.165) is 0 Å². The van der Waals surface area contributed by atoms with Crippen molar-refractivity contribution in [1.29, 1.82) is 0 Å². The molecule has 15 heavy (non-hydrogen) atoms. The van der Waals surface area contributed by atoms with Crippen molar-refractivity contribution >= 4 is 34.2 Å². The van der Waals surface area contributed by atoms with Gasteiger partial charge in [-0.3, -0.25) is 4.79 Å². The molecule has 1 aromatic heterocycles. The first kappa shape index (κ1) is 10.5. The van der Waals surface area contributed by atoms with Gasteiger partial charge in [0.05, 0.1) is 27.3 Å². The molecular weight excluding hydrogens is 235 g/mol. The maximum Gasteiger partial charge on any atom is 0.269 e. The number of fused-ring (bicyclic) bond motifs is 1. The fraction of sp³-hybridized carbons (Fsp3) is 0.200. The third-order valence-electron chi connectivity index (χ3n) is 2.20. The van der Waals surface area contributed by atoms with Gasteiger partial charge in [0.1, 0.15) is 0 Å². The van der Waals surface area contributed by atoms with Crippen molar-refractivity contribution in [2.45, 2.75) is 13.5 Å². The van der Waals surface area contributed by atoms with E-state index in [0.29, 0.717) is 27.6 Å². The molecule has 3 nitrogen and oxygen atoms in total. The Morgan fingerprint density at radius 2 is 2.00 bits per heavy atom. The summed E-state index contributed by atoms with van der Waals surface area (Å²) < 4.78 is 1.60. The van der Waals surface area contributed by atoms with Crippen molar-refractivity contribution in [2.75, 3.05) is 0 Å². The molecule has 0 aliphatic heterocycles. The molecule has 0 radical (unpaired) electrons. The largest absolute Gasteiger partial charge is 0.306 e. The number of hydrogen-bond donors (Lipinski definition) is 0. The highest BCUT2D eigenvalue weighted by Gasteiger charge is 2.06. The first-order chi connectivity index (χ1) is 7.13. The third-order valence-corrected chi connectivity index (χ3v) is 2.93. The van der Waals surface area contributed by atoms with Crippen LogP contribution in [-0.2, 0) is 6.54 Å². The minimum Gasteiger partial charge on any atom is -0.306 e. The molecule has 2 aromatic rings. The van der Waals surface area contributed by atoms with E-state index in [2.05, 4.69) is 4.98 Å². The highest BCUT2D eigenvalue weighted by molar-refractivity contribution is 6.42. The monoisotopic (exact) mass is 242 g/mol. The summed E-state index contributed by atoms with van der Waals surface area (Å²) in [6.45, 7) is 2.47. The molecule has 0 fully saturated rings. The lowest BCUT2D eigenvalue weighted by Gasteiger charge is -2.07. The van der Waals surface area contributed by atoms with E-state index in [1.807, 2.05) is 6.92 Å². The van der Waals surface area contributed by atoms with Gasteiger partial charge in [0.15, 0.2) is 0 Å². The summed E-state index contributed by atoms with van der Waals surface area (Å²) in [6, 6.07) is 3.32. The number of nitrogens with zero attached hydrogens (tertiary/aromatic N) is 2. The highest BCUT2D eigenvalue weighted by Crippen LogP contribution is 2.25. The van der Waals surface area contributed by atoms with E-state index >= 15 is 0 Å². The van der Waals surface area contributed by atoms with E-state index in [1.54, 1.807) is 16.7 Å². The Bertz CT molecular complexity index is 577. The van der Waals surface area contributed by atoms with E-state index in [4.69, 9.17) is 23.2 Å². The fourth-order valence-electron chi connectivity index (χ4n) is 1.48. The van der Waals surface area contributed by atoms with E-state index in [1.165, 1.54) is 6.20 Å². The molecule has 0 aliphatic rings. The molecule has 0 unspecified atom stereocenters. The molecule has 0 amide bonds. The summed E-state index contributed by atoms with van der Waals surface area (Å²) in [5, 5.41) is 0.872. The van der Waals surface area contributed by atoms with Crippen molar-refractivity contribution in [3.05, 3.63) is 38.7 Å². The third kappa shape index (κ3) is 1.73. The number of hydrogen-bond acceptors (Lipinski definition) is 2. The fourth-order valence-corrected chi connectivity index (χ4v) is 1.80. The van der Waals surface area contributed by atoms with Gasteiger partial charge < -0.3 is 4.57 Å². The average Bonchev–Trinajstić information content (AvgIpc) is 2.21. The molecule has 0 spiro atoms. The van der Waals surface area contributed by atoms with Gasteiger partial charge in [-0.05, 0) is 19.1 Å². The van der Waals surface area contributed by atoms with Gasteiger partial charge in [0, 0.05) is 6.54 Å². The topological polar surface area (TPSA) is 34.9 Å². The van der Waals surface area contributed by atoms with Crippen LogP contribution in [0.2, 0.25) is 10.0 Å². The van der Waals surface area contributed by atoms with E-state index in [-0.39, 0.29) is 5.56 Å². The Hall–Kier alpha value is -1.06. The molecule has 0 saturated heterocycles. The van der Waals surface area contributed by atoms with Crippen molar-refractivity contribution in [1.82, 2.24) is 9.55 Å². The zero-order valence-electron chi connectivity index (χ0n) is 8.00. The van der Waals surface area contributed by atoms with E-state index in [9.17, 15) is 4.79 Å². The lowest BCUT2D eigenvalue weighted by atomic mass is 10.3. The quantitative estimate of drug-likeness (QED) is 0.771. The SMILES string of the molecule is CCn1c(=O)cnc2cc(Cl)c(Cl)cc21. The number of aromatic nitrogens is 2. The minimum atomic E-state index is -0.136. The van der Waals surface area contributed by atoms with Crippen molar-refractivity contribution < 1.29 is 0 Å². The summed E-state index contributed by atoms with van der Waals surface area (Å²) in [5.41, 5.74) is 1.24. The molecule has 0 aliphatic carbocycles. The van der Waals surface area contributed by atoms with Gasteiger partial charge in [-0.25, -0.2) is 4.98 Å². The van der Waals surface area contributed by atoms with Crippen LogP contribution in [0.5, 0.6) is 0 Å². The average molecular weight is 243 g/mol. The van der Waals surface area contributed by atoms with Crippen molar-refractivity contribution in [3.8, 4) is 0 Å². The van der Waals surface area contributed by atoms with Gasteiger partial charge in [-0.1, -0.05) is 23.2 Å². The van der Waals surface area contributed by atoms with Crippen LogP contribution in [0.3, 0.4) is 0 Å². The summed E-state index contributed by atoms with van der Waals surface area (Å²) in [6.07, 6.45) is 1.29. The van der Waals surface area contributed by atoms with Gasteiger partial charge in [0.2, 0.25) is 0 Å². The van der Waals surface area contributed by atoms with Gasteiger partial charge in [0.25, 0.3) is 5.56 Å². The summed E-state index contributed by atoms with van der Waals surface area (Å²) in [7, 11) is 0. The van der Waals surface area contributed by atoms with E-state index < -0.39 is 0 Å². The summed E-state index contributed by atoms with van der Waals surface area (Å²) >= 11 is 11.8. The van der Waals surface area contributed by atoms with Crippen LogP contribution < -0.4 is 5.56 Å². The molecule has 0 atom stereocenters. The second kappa shape index (κ2) is 3.83. The number of benzene rings is 1. The molecule has 78 valence electrons. The summed E-state index contributed by atoms with van der Waals surface area (Å²) in [4.78, 5) is 15.5. The molecule has 2 rings (SSSR count). The Morgan fingerprint density at radius 3 is 2.67 bits per heavy atom. The molecule has 0 saturated carbocycles. The number of rotatable bonds is 1. The standard InChI is InChI=1S/C10H8Cl2N2O/c1-2-14-9-4-7(12)6(11)3-8(9)13-5-10(14)15/h3-5H,2H2,1H3. The molecule has 0 N–H and O–H groups in total. The van der Waals surface area contributed by atoms with Crippen LogP contribution in [0.25, 0.3) is 11.0 Å². The zero-order chi connectivity index (χ0) is 11.0. The van der Waals surface area contributed by atoms with Gasteiger partial charge in [-0.2, -0.15) is 0 Å². The van der Waals surface area contributed by atoms with Crippen LogP contribution in [0.15, 0.2) is 23.1 Å². The minimum absolute atomic E-state index is 0.136. The molecule has 5 heteroatoms. The second-order valence-electron chi connectivity index (χ2n) is 3.10. The highest BCUT2D eigenvalue weighted by atomic mass is 35.5. The van der Waals surface area contributed by atoms with Gasteiger partial charge >= 0.3 is 0 Å². The number of halogens is 2. The van der Waals surface area contributed by atoms with Crippen LogP contribution in [0, 0.1) is 0 Å².